The summed E-state index contributed by atoms with van der Waals surface area (Å²) in [6.07, 6.45) is 3.51. The third kappa shape index (κ3) is 11.2. The summed E-state index contributed by atoms with van der Waals surface area (Å²) in [5, 5.41) is 35.5. The maximum absolute atomic E-state index is 12.5. The van der Waals surface area contributed by atoms with Crippen molar-refractivity contribution in [1.82, 2.24) is 58.6 Å². The molecule has 0 saturated carbocycles. The zero-order valence-corrected chi connectivity index (χ0v) is 33.7. The van der Waals surface area contributed by atoms with Crippen molar-refractivity contribution in [3.8, 4) is 17.6 Å². The SMILES string of the molecule is Cn1cnc2c(C#N)n[nH]c2c1=O.O=c1oc(CO)nn1CCc1ccc(OC(F)F)cc1.[C-]#[N+]c1nn(Cc2nn(CCc3ccc(OC(F)F)cc3)c(=O)o2)c2c(=O)n(C)cnc12. The molecule has 23 nitrogen and oxygen atoms in total. The van der Waals surface area contributed by atoms with E-state index in [0.29, 0.717) is 18.4 Å². The molecule has 2 aromatic carbocycles. The number of halogens is 4. The second kappa shape index (κ2) is 20.4. The average molecular weight is 905 g/mol. The molecule has 0 amide bonds. The molecule has 0 saturated heterocycles. The molecule has 8 aromatic rings. The zero-order valence-electron chi connectivity index (χ0n) is 33.7. The van der Waals surface area contributed by atoms with Gasteiger partial charge in [0.15, 0.2) is 16.7 Å². The normalized spacial score (nSPS) is 10.9. The molecule has 0 unspecified atom stereocenters. The van der Waals surface area contributed by atoms with E-state index in [0.717, 1.165) is 20.5 Å². The van der Waals surface area contributed by atoms with E-state index in [-0.39, 0.29) is 76.5 Å². The number of aromatic amines is 1. The summed E-state index contributed by atoms with van der Waals surface area (Å²) in [4.78, 5) is 58.6. The van der Waals surface area contributed by atoms with Crippen LogP contribution >= 0.6 is 0 Å². The van der Waals surface area contributed by atoms with Gasteiger partial charge in [-0.2, -0.15) is 42.0 Å². The Kier molecular flexibility index (Phi) is 14.4. The van der Waals surface area contributed by atoms with Crippen LogP contribution in [-0.2, 0) is 53.2 Å². The molecule has 8 rings (SSSR count). The van der Waals surface area contributed by atoms with Crippen LogP contribution in [0.5, 0.6) is 11.5 Å². The lowest BCUT2D eigenvalue weighted by Gasteiger charge is -2.05. The predicted molar refractivity (Wildman–Crippen MR) is 213 cm³/mol. The van der Waals surface area contributed by atoms with Crippen LogP contribution in [0.15, 0.2) is 89.2 Å². The highest BCUT2D eigenvalue weighted by atomic mass is 19.3. The van der Waals surface area contributed by atoms with Crippen molar-refractivity contribution in [2.45, 2.75) is 52.3 Å². The Morgan fingerprint density at radius 3 is 1.77 bits per heavy atom. The Labute approximate surface area is 359 Å². The number of rotatable bonds is 13. The maximum Gasteiger partial charge on any atom is 0.437 e. The summed E-state index contributed by atoms with van der Waals surface area (Å²) in [7, 11) is 3.10. The molecule has 336 valence electrons. The number of nitrogens with zero attached hydrogens (tertiary/aromatic N) is 13. The number of nitriles is 1. The number of nitrogens with one attached hydrogen (secondary N) is 1. The van der Waals surface area contributed by atoms with Crippen molar-refractivity contribution in [2.75, 3.05) is 0 Å². The van der Waals surface area contributed by atoms with Gasteiger partial charge in [0.1, 0.15) is 41.8 Å². The number of aliphatic hydroxyl groups excluding tert-OH is 1. The predicted octanol–water partition coefficient (Wildman–Crippen LogP) is 2.42. The molecule has 0 spiro atoms. The van der Waals surface area contributed by atoms with Gasteiger partial charge in [0, 0.05) is 14.1 Å². The standard InChI is InChI=1S/C19H15F2N7O4.C12H12F2N2O4.C7H5N5O/c1-22-16-14-15(17(29)26(2)10-23-14)28(25-16)9-13-24-27(19(30)32-13)8-7-11-3-5-12(6-4-11)31-18(20)21;13-11(14)19-9-3-1-8(2-4-9)5-6-16-12(18)20-10(7-17)15-16;1-12-3-9-5-4(2-8)10-11-6(5)7(12)13/h3-6,10,18H,7-9H2,2H3;1-4,11,17H,5-7H2;3H,1H3,(H,10,11). The minimum atomic E-state index is -2.90. The van der Waals surface area contributed by atoms with Crippen LogP contribution in [0.2, 0.25) is 0 Å². The molecule has 2 N–H and O–H groups in total. The molecule has 0 aliphatic carbocycles. The molecule has 0 fully saturated rings. The summed E-state index contributed by atoms with van der Waals surface area (Å²) in [6.45, 7) is 1.32. The van der Waals surface area contributed by atoms with E-state index in [1.165, 1.54) is 57.8 Å². The van der Waals surface area contributed by atoms with Gasteiger partial charge >= 0.3 is 30.6 Å². The first-order valence-electron chi connectivity index (χ1n) is 18.6. The van der Waals surface area contributed by atoms with Crippen LogP contribution in [0, 0.1) is 17.9 Å². The fourth-order valence-corrected chi connectivity index (χ4v) is 5.77. The van der Waals surface area contributed by atoms with E-state index in [2.05, 4.69) is 54.2 Å². The molecular weight excluding hydrogens is 872 g/mol. The van der Waals surface area contributed by atoms with E-state index in [1.807, 2.05) is 6.07 Å². The largest absolute Gasteiger partial charge is 0.437 e. The van der Waals surface area contributed by atoms with Crippen molar-refractivity contribution in [3.05, 3.63) is 143 Å². The van der Waals surface area contributed by atoms with Crippen LogP contribution in [0.4, 0.5) is 23.4 Å². The third-order valence-electron chi connectivity index (χ3n) is 8.88. The number of hydrogen-bond acceptors (Lipinski definition) is 16. The van der Waals surface area contributed by atoms with E-state index in [1.54, 1.807) is 31.3 Å². The molecule has 0 radical (unpaired) electrons. The summed E-state index contributed by atoms with van der Waals surface area (Å²) in [5.74, 6) is -1.32. The van der Waals surface area contributed by atoms with Gasteiger partial charge in [0.25, 0.3) is 11.1 Å². The van der Waals surface area contributed by atoms with Crippen molar-refractivity contribution < 1.29 is 41.0 Å². The lowest BCUT2D eigenvalue weighted by molar-refractivity contribution is -0.0505. The Morgan fingerprint density at radius 1 is 0.769 bits per heavy atom. The van der Waals surface area contributed by atoms with Crippen LogP contribution < -0.4 is 32.1 Å². The number of alkyl halides is 4. The topological polar surface area (TPSA) is 279 Å². The number of aromatic nitrogens is 12. The van der Waals surface area contributed by atoms with Crippen molar-refractivity contribution in [3.63, 3.8) is 0 Å². The van der Waals surface area contributed by atoms with Gasteiger partial charge in [-0.05, 0) is 53.3 Å². The zero-order chi connectivity index (χ0) is 46.8. The summed E-state index contributed by atoms with van der Waals surface area (Å²) >= 11 is 0. The Hall–Kier alpha value is -8.72. The number of H-pyrrole nitrogens is 1. The first-order valence-corrected chi connectivity index (χ1v) is 18.6. The van der Waals surface area contributed by atoms with Gasteiger partial charge in [-0.1, -0.05) is 30.8 Å². The number of benzene rings is 2. The number of aliphatic hydroxyl groups is 1. The molecule has 6 heterocycles. The lowest BCUT2D eigenvalue weighted by atomic mass is 10.1. The number of aryl methyl sites for hydroxylation is 6. The van der Waals surface area contributed by atoms with Gasteiger partial charge in [0.2, 0.25) is 11.8 Å². The number of ether oxygens (including phenoxy) is 2. The molecule has 0 aliphatic rings. The maximum atomic E-state index is 12.5. The summed E-state index contributed by atoms with van der Waals surface area (Å²) in [6, 6.07) is 14.0. The van der Waals surface area contributed by atoms with Crippen LogP contribution in [0.25, 0.3) is 26.9 Å². The fourth-order valence-electron chi connectivity index (χ4n) is 5.77. The minimum absolute atomic E-state index is 0.00233. The third-order valence-corrected chi connectivity index (χ3v) is 8.88. The Morgan fingerprint density at radius 2 is 1.28 bits per heavy atom. The van der Waals surface area contributed by atoms with Crippen molar-refractivity contribution in [1.29, 1.82) is 5.26 Å². The van der Waals surface area contributed by atoms with Crippen LogP contribution in [0.1, 0.15) is 28.6 Å². The Bertz CT molecular complexity index is 3240. The van der Waals surface area contributed by atoms with E-state index < -0.39 is 36.9 Å². The molecule has 0 bridgehead atoms. The van der Waals surface area contributed by atoms with Crippen LogP contribution in [-0.4, -0.2) is 77.0 Å². The van der Waals surface area contributed by atoms with Gasteiger partial charge in [-0.25, -0.2) is 19.6 Å². The first-order chi connectivity index (χ1) is 31.2. The lowest BCUT2D eigenvalue weighted by Crippen LogP contribution is -2.20. The second-order valence-corrected chi connectivity index (χ2v) is 13.2. The summed E-state index contributed by atoms with van der Waals surface area (Å²) < 4.78 is 72.7. The van der Waals surface area contributed by atoms with Crippen LogP contribution in [0.3, 0.4) is 0 Å². The van der Waals surface area contributed by atoms with Crippen molar-refractivity contribution in [2.24, 2.45) is 14.1 Å². The highest BCUT2D eigenvalue weighted by molar-refractivity contribution is 5.86. The molecule has 6 aromatic heterocycles. The second-order valence-electron chi connectivity index (χ2n) is 13.2. The smallest absolute Gasteiger partial charge is 0.435 e. The van der Waals surface area contributed by atoms with E-state index >= 15 is 0 Å². The van der Waals surface area contributed by atoms with Gasteiger partial charge in [-0.3, -0.25) is 14.7 Å². The molecular formula is C38H32F4N14O9. The van der Waals surface area contributed by atoms with Gasteiger partial charge in [-0.15, -0.1) is 10.2 Å². The highest BCUT2D eigenvalue weighted by Crippen LogP contribution is 2.21. The molecule has 0 aliphatic heterocycles. The fraction of sp³-hybridized carbons (Fsp3) is 0.263. The Balaban J connectivity index is 0.000000180. The van der Waals surface area contributed by atoms with E-state index in [4.69, 9.17) is 21.4 Å². The minimum Gasteiger partial charge on any atom is -0.435 e. The van der Waals surface area contributed by atoms with Gasteiger partial charge < -0.3 is 37.4 Å². The summed E-state index contributed by atoms with van der Waals surface area (Å²) in [5.41, 5.74) is 1.95. The number of hydrogen-bond donors (Lipinski definition) is 2. The molecule has 65 heavy (non-hydrogen) atoms. The van der Waals surface area contributed by atoms with Crippen molar-refractivity contribution >= 4 is 27.9 Å². The highest BCUT2D eigenvalue weighted by Gasteiger charge is 2.21. The van der Waals surface area contributed by atoms with E-state index in [9.17, 15) is 36.7 Å². The first kappa shape index (κ1) is 45.8. The average Bonchev–Trinajstić information content (AvgIpc) is 4.06. The van der Waals surface area contributed by atoms with Gasteiger partial charge in [0.05, 0.1) is 25.7 Å². The quantitative estimate of drug-likeness (QED) is 0.124. The molecule has 27 heteroatoms. The monoisotopic (exact) mass is 904 g/mol. The molecule has 0 atom stereocenters. The number of fused-ring (bicyclic) bond motifs is 2.